The zero-order chi connectivity index (χ0) is 12.8. The van der Waals surface area contributed by atoms with E-state index in [1.165, 1.54) is 12.3 Å². The van der Waals surface area contributed by atoms with Crippen LogP contribution in [-0.4, -0.2) is 35.3 Å². The third-order valence-corrected chi connectivity index (χ3v) is 2.22. The van der Waals surface area contributed by atoms with Crippen LogP contribution in [0.5, 0.6) is 0 Å². The number of hydrogen-bond donors (Lipinski definition) is 2. The van der Waals surface area contributed by atoms with E-state index in [1.807, 2.05) is 13.8 Å². The molecule has 0 unspecified atom stereocenters. The van der Waals surface area contributed by atoms with Gasteiger partial charge in [0, 0.05) is 12.7 Å². The Hall–Kier alpha value is -1.33. The number of aromatic nitrogens is 1. The Morgan fingerprint density at radius 1 is 1.65 bits per heavy atom. The Balaban J connectivity index is 2.52. The Labute approximate surface area is 105 Å². The summed E-state index contributed by atoms with van der Waals surface area (Å²) >= 11 is 5.89. The molecule has 0 saturated carbocycles. The number of aromatic carboxylic acids is 1. The van der Waals surface area contributed by atoms with Crippen molar-refractivity contribution >= 4 is 23.4 Å². The maximum Gasteiger partial charge on any atom is 0.337 e. The van der Waals surface area contributed by atoms with Gasteiger partial charge in [-0.3, -0.25) is 0 Å². The smallest absolute Gasteiger partial charge is 0.337 e. The van der Waals surface area contributed by atoms with Crippen LogP contribution < -0.4 is 5.32 Å². The zero-order valence-electron chi connectivity index (χ0n) is 9.74. The highest BCUT2D eigenvalue weighted by Crippen LogP contribution is 2.19. The minimum Gasteiger partial charge on any atom is -0.478 e. The van der Waals surface area contributed by atoms with E-state index in [9.17, 15) is 4.79 Å². The van der Waals surface area contributed by atoms with Crippen LogP contribution in [0.15, 0.2) is 12.3 Å². The third kappa shape index (κ3) is 4.58. The van der Waals surface area contributed by atoms with E-state index in [0.717, 1.165) is 0 Å². The van der Waals surface area contributed by atoms with Crippen LogP contribution in [-0.2, 0) is 4.74 Å². The lowest BCUT2D eigenvalue weighted by molar-refractivity contribution is 0.0696. The van der Waals surface area contributed by atoms with Gasteiger partial charge in [0.05, 0.1) is 23.3 Å². The van der Waals surface area contributed by atoms with Crippen LogP contribution in [0, 0.1) is 0 Å². The highest BCUT2D eigenvalue weighted by atomic mass is 35.5. The predicted octanol–water partition coefficient (Wildman–Crippen LogP) is 2.27. The summed E-state index contributed by atoms with van der Waals surface area (Å²) in [6.07, 6.45) is 1.44. The Kier molecular flexibility index (Phi) is 5.18. The maximum absolute atomic E-state index is 10.7. The van der Waals surface area contributed by atoms with Crippen LogP contribution in [0.1, 0.15) is 24.2 Å². The molecule has 0 atom stereocenters. The minimum absolute atomic E-state index is 0.0685. The van der Waals surface area contributed by atoms with E-state index in [-0.39, 0.29) is 16.7 Å². The van der Waals surface area contributed by atoms with Gasteiger partial charge in [-0.25, -0.2) is 9.78 Å². The lowest BCUT2D eigenvalue weighted by Gasteiger charge is -2.10. The number of carbonyl (C=O) groups is 1. The van der Waals surface area contributed by atoms with Crippen molar-refractivity contribution in [2.75, 3.05) is 18.5 Å². The van der Waals surface area contributed by atoms with Crippen molar-refractivity contribution < 1.29 is 14.6 Å². The number of halogens is 1. The molecular formula is C11H15ClN2O3. The maximum atomic E-state index is 10.7. The summed E-state index contributed by atoms with van der Waals surface area (Å²) in [6.45, 7) is 5.01. The normalized spacial score (nSPS) is 10.6. The predicted molar refractivity (Wildman–Crippen MR) is 65.8 cm³/mol. The largest absolute Gasteiger partial charge is 0.478 e. The molecule has 0 spiro atoms. The number of carboxylic acids is 1. The minimum atomic E-state index is -1.05. The van der Waals surface area contributed by atoms with Gasteiger partial charge in [0.25, 0.3) is 0 Å². The summed E-state index contributed by atoms with van der Waals surface area (Å²) in [5, 5.41) is 12.0. The molecule has 94 valence electrons. The van der Waals surface area contributed by atoms with E-state index in [2.05, 4.69) is 10.3 Å². The average Bonchev–Trinajstić information content (AvgIpc) is 2.25. The Morgan fingerprint density at radius 3 is 2.88 bits per heavy atom. The van der Waals surface area contributed by atoms with Gasteiger partial charge in [-0.1, -0.05) is 11.6 Å². The second kappa shape index (κ2) is 6.42. The fraction of sp³-hybridized carbons (Fsp3) is 0.455. The fourth-order valence-electron chi connectivity index (χ4n) is 1.15. The van der Waals surface area contributed by atoms with Crippen molar-refractivity contribution in [2.45, 2.75) is 20.0 Å². The van der Waals surface area contributed by atoms with Crippen molar-refractivity contribution in [3.05, 3.63) is 22.8 Å². The highest BCUT2D eigenvalue weighted by Gasteiger charge is 2.07. The second-order valence-corrected chi connectivity index (χ2v) is 4.11. The van der Waals surface area contributed by atoms with Gasteiger partial charge in [0.15, 0.2) is 0 Å². The number of ether oxygens (including phenoxy) is 1. The molecule has 1 rings (SSSR count). The van der Waals surface area contributed by atoms with Gasteiger partial charge >= 0.3 is 5.97 Å². The van der Waals surface area contributed by atoms with E-state index >= 15 is 0 Å². The van der Waals surface area contributed by atoms with Crippen LogP contribution in [0.3, 0.4) is 0 Å². The molecule has 1 heterocycles. The van der Waals surface area contributed by atoms with Crippen LogP contribution >= 0.6 is 11.6 Å². The molecule has 17 heavy (non-hydrogen) atoms. The first-order chi connectivity index (χ1) is 8.00. The molecule has 0 fully saturated rings. The van der Waals surface area contributed by atoms with Crippen LogP contribution in [0.2, 0.25) is 5.02 Å². The van der Waals surface area contributed by atoms with Crippen LogP contribution in [0.4, 0.5) is 5.82 Å². The van der Waals surface area contributed by atoms with Gasteiger partial charge in [-0.15, -0.1) is 0 Å². The topological polar surface area (TPSA) is 71.5 Å². The first-order valence-corrected chi connectivity index (χ1v) is 5.63. The number of carboxylic acid groups (broad SMARTS) is 1. The lowest BCUT2D eigenvalue weighted by Crippen LogP contribution is -2.14. The van der Waals surface area contributed by atoms with Gasteiger partial charge in [-0.05, 0) is 19.9 Å². The number of nitrogens with zero attached hydrogens (tertiary/aromatic N) is 1. The van der Waals surface area contributed by atoms with Crippen molar-refractivity contribution in [3.63, 3.8) is 0 Å². The number of anilines is 1. The molecule has 0 amide bonds. The van der Waals surface area contributed by atoms with E-state index in [1.54, 1.807) is 0 Å². The molecule has 6 heteroatoms. The van der Waals surface area contributed by atoms with Gasteiger partial charge in [0.2, 0.25) is 0 Å². The highest BCUT2D eigenvalue weighted by molar-refractivity contribution is 6.33. The molecule has 0 aromatic carbocycles. The fourth-order valence-corrected chi connectivity index (χ4v) is 1.38. The van der Waals surface area contributed by atoms with Crippen molar-refractivity contribution in [2.24, 2.45) is 0 Å². The van der Waals surface area contributed by atoms with E-state index in [0.29, 0.717) is 19.0 Å². The summed E-state index contributed by atoms with van der Waals surface area (Å²) in [6, 6.07) is 1.36. The quantitative estimate of drug-likeness (QED) is 0.766. The van der Waals surface area contributed by atoms with Gasteiger partial charge in [0.1, 0.15) is 5.82 Å². The molecule has 0 saturated heterocycles. The number of pyridine rings is 1. The van der Waals surface area contributed by atoms with Crippen molar-refractivity contribution in [1.29, 1.82) is 0 Å². The van der Waals surface area contributed by atoms with E-state index in [4.69, 9.17) is 21.4 Å². The monoisotopic (exact) mass is 258 g/mol. The van der Waals surface area contributed by atoms with Gasteiger partial charge < -0.3 is 15.2 Å². The average molecular weight is 259 g/mol. The summed E-state index contributed by atoms with van der Waals surface area (Å²) in [5.41, 5.74) is 0.0685. The molecule has 5 nitrogen and oxygen atoms in total. The Bertz CT molecular complexity index is 396. The zero-order valence-corrected chi connectivity index (χ0v) is 10.5. The summed E-state index contributed by atoms with van der Waals surface area (Å²) in [4.78, 5) is 14.6. The standard InChI is InChI=1S/C11H15ClN2O3/c1-7(2)17-4-3-13-10-9(12)5-8(6-14-10)11(15)16/h5-7H,3-4H2,1-2H3,(H,13,14)(H,15,16). The molecule has 0 bridgehead atoms. The van der Waals surface area contributed by atoms with Crippen molar-refractivity contribution in [1.82, 2.24) is 4.98 Å². The molecular weight excluding hydrogens is 244 g/mol. The first kappa shape index (κ1) is 13.7. The number of nitrogens with one attached hydrogen (secondary N) is 1. The van der Waals surface area contributed by atoms with Crippen molar-refractivity contribution in [3.8, 4) is 0 Å². The molecule has 1 aromatic heterocycles. The SMILES string of the molecule is CC(C)OCCNc1ncc(C(=O)O)cc1Cl. The van der Waals surface area contributed by atoms with E-state index < -0.39 is 5.97 Å². The number of rotatable bonds is 6. The third-order valence-electron chi connectivity index (χ3n) is 1.93. The summed E-state index contributed by atoms with van der Waals surface area (Å²) < 4.78 is 5.34. The Morgan fingerprint density at radius 2 is 2.35 bits per heavy atom. The molecule has 0 aliphatic rings. The number of hydrogen-bond acceptors (Lipinski definition) is 4. The lowest BCUT2D eigenvalue weighted by atomic mass is 10.3. The molecule has 0 aliphatic heterocycles. The summed E-state index contributed by atoms with van der Waals surface area (Å²) in [5.74, 6) is -0.585. The first-order valence-electron chi connectivity index (χ1n) is 5.25. The second-order valence-electron chi connectivity index (χ2n) is 3.71. The van der Waals surface area contributed by atoms with Gasteiger partial charge in [-0.2, -0.15) is 0 Å². The summed E-state index contributed by atoms with van der Waals surface area (Å²) in [7, 11) is 0. The molecule has 2 N–H and O–H groups in total. The van der Waals surface area contributed by atoms with Crippen LogP contribution in [0.25, 0.3) is 0 Å². The molecule has 0 radical (unpaired) electrons. The molecule has 1 aromatic rings. The molecule has 0 aliphatic carbocycles.